The zero-order chi connectivity index (χ0) is 38.7. The molecule has 2 N–H and O–H groups in total. The number of fused-ring (bicyclic) bond motifs is 1. The van der Waals surface area contributed by atoms with E-state index in [0.29, 0.717) is 27.2 Å². The first-order chi connectivity index (χ1) is 26.6. The Morgan fingerprint density at radius 3 is 2.18 bits per heavy atom. The fraction of sp³-hybridized carbons (Fsp3) is 0.268. The van der Waals surface area contributed by atoms with Crippen LogP contribution in [0.3, 0.4) is 0 Å². The smallest absolute Gasteiger partial charge is 0.252 e. The number of aromatic nitrogens is 4. The van der Waals surface area contributed by atoms with Crippen molar-refractivity contribution >= 4 is 46.2 Å². The number of ether oxygens (including phenoxy) is 5. The lowest BCUT2D eigenvalue weighted by molar-refractivity contribution is -0.118. The monoisotopic (exact) mass is 783 g/mol. The van der Waals surface area contributed by atoms with Crippen molar-refractivity contribution in [2.45, 2.75) is 44.3 Å². The van der Waals surface area contributed by atoms with Gasteiger partial charge in [0.1, 0.15) is 35.2 Å². The van der Waals surface area contributed by atoms with Crippen molar-refractivity contribution in [1.82, 2.24) is 19.5 Å². The van der Waals surface area contributed by atoms with Gasteiger partial charge in [-0.05, 0) is 53.1 Å². The molecular formula is C41H39Cl2N5O7. The number of nitrogens with one attached hydrogen (secondary N) is 1. The van der Waals surface area contributed by atoms with E-state index in [1.807, 2.05) is 78.9 Å². The number of aliphatic hydroxyl groups is 1. The van der Waals surface area contributed by atoms with Gasteiger partial charge in [0.05, 0.1) is 38.3 Å². The average Bonchev–Trinajstić information content (AvgIpc) is 3.80. The summed E-state index contributed by atoms with van der Waals surface area (Å²) in [5.74, 6) is 1.03. The predicted octanol–water partition coefficient (Wildman–Crippen LogP) is 8.19. The van der Waals surface area contributed by atoms with Crippen LogP contribution in [0.4, 0.5) is 5.95 Å². The normalized spacial score (nSPS) is 17.1. The van der Waals surface area contributed by atoms with Crippen molar-refractivity contribution in [2.24, 2.45) is 5.92 Å². The summed E-state index contributed by atoms with van der Waals surface area (Å²) in [4.78, 5) is 26.4. The van der Waals surface area contributed by atoms with Crippen LogP contribution >= 0.6 is 23.2 Å². The maximum absolute atomic E-state index is 12.7. The molecule has 2 aromatic heterocycles. The average molecular weight is 785 g/mol. The number of aliphatic hydroxyl groups excluding tert-OH is 1. The van der Waals surface area contributed by atoms with Crippen molar-refractivity contribution in [1.29, 1.82) is 0 Å². The quantitative estimate of drug-likeness (QED) is 0.110. The molecule has 0 bridgehead atoms. The lowest BCUT2D eigenvalue weighted by Crippen LogP contribution is -2.38. The van der Waals surface area contributed by atoms with Gasteiger partial charge in [-0.2, -0.15) is 9.97 Å². The highest BCUT2D eigenvalue weighted by atomic mass is 35.5. The minimum atomic E-state index is -1.12. The van der Waals surface area contributed by atoms with Gasteiger partial charge in [0, 0.05) is 23.4 Å². The Kier molecular flexibility index (Phi) is 11.2. The third-order valence-electron chi connectivity index (χ3n) is 9.40. The molecule has 3 atom stereocenters. The SMILES string of the molecule is COc1ccc(C(OC[C@H]2O[C@@H](n3cnc4c(Oc5cc(Cl)ccc5Cl)nc(NC(=O)C(C)C)nc43)C[C@@H]2O)(c2ccccc2)c2ccc(OC)cc2)cc1. The highest BCUT2D eigenvalue weighted by Gasteiger charge is 2.42. The molecule has 14 heteroatoms. The number of imidazole rings is 1. The number of carbonyl (C=O) groups is 1. The molecule has 1 saturated heterocycles. The molecule has 0 saturated carbocycles. The lowest BCUT2D eigenvalue weighted by Gasteiger charge is -2.37. The van der Waals surface area contributed by atoms with E-state index in [4.69, 9.17) is 46.9 Å². The number of carbonyl (C=O) groups excluding carboxylic acids is 1. The van der Waals surface area contributed by atoms with Crippen molar-refractivity contribution < 1.29 is 33.6 Å². The molecule has 0 aliphatic carbocycles. The zero-order valence-electron chi connectivity index (χ0n) is 30.5. The molecule has 1 fully saturated rings. The van der Waals surface area contributed by atoms with Crippen LogP contribution in [0.2, 0.25) is 10.0 Å². The van der Waals surface area contributed by atoms with Gasteiger partial charge in [-0.1, -0.05) is 91.6 Å². The molecule has 0 radical (unpaired) electrons. The van der Waals surface area contributed by atoms with Crippen molar-refractivity contribution in [3.05, 3.63) is 130 Å². The topological polar surface area (TPSA) is 139 Å². The lowest BCUT2D eigenvalue weighted by atomic mass is 9.80. The number of methoxy groups -OCH3 is 2. The van der Waals surface area contributed by atoms with Crippen molar-refractivity contribution in [2.75, 3.05) is 26.1 Å². The van der Waals surface area contributed by atoms with Gasteiger partial charge in [0.2, 0.25) is 11.9 Å². The maximum atomic E-state index is 12.7. The van der Waals surface area contributed by atoms with Gasteiger partial charge in [-0.25, -0.2) is 4.98 Å². The van der Waals surface area contributed by atoms with Gasteiger partial charge >= 0.3 is 0 Å². The van der Waals surface area contributed by atoms with Gasteiger partial charge in [0.25, 0.3) is 5.88 Å². The summed E-state index contributed by atoms with van der Waals surface area (Å²) in [7, 11) is 3.24. The van der Waals surface area contributed by atoms with E-state index in [2.05, 4.69) is 20.3 Å². The van der Waals surface area contributed by atoms with E-state index in [9.17, 15) is 9.90 Å². The minimum absolute atomic E-state index is 0.00353. The van der Waals surface area contributed by atoms with Crippen LogP contribution in [0.25, 0.3) is 11.2 Å². The summed E-state index contributed by atoms with van der Waals surface area (Å²) in [5.41, 5.74) is 2.01. The van der Waals surface area contributed by atoms with Crippen LogP contribution in [0.5, 0.6) is 23.1 Å². The molecule has 1 aliphatic rings. The number of anilines is 1. The second-order valence-corrected chi connectivity index (χ2v) is 14.1. The Bertz CT molecular complexity index is 2220. The Morgan fingerprint density at radius 2 is 1.56 bits per heavy atom. The number of hydrogen-bond acceptors (Lipinski definition) is 10. The first-order valence-corrected chi connectivity index (χ1v) is 18.4. The molecule has 7 rings (SSSR count). The molecule has 1 aliphatic heterocycles. The predicted molar refractivity (Wildman–Crippen MR) is 208 cm³/mol. The highest BCUT2D eigenvalue weighted by molar-refractivity contribution is 6.34. The first kappa shape index (κ1) is 38.1. The first-order valence-electron chi connectivity index (χ1n) is 17.6. The second-order valence-electron chi connectivity index (χ2n) is 13.2. The van der Waals surface area contributed by atoms with E-state index in [1.165, 1.54) is 6.33 Å². The van der Waals surface area contributed by atoms with Crippen molar-refractivity contribution in [3.8, 4) is 23.1 Å². The molecule has 12 nitrogen and oxygen atoms in total. The third kappa shape index (κ3) is 7.82. The van der Waals surface area contributed by atoms with E-state index >= 15 is 0 Å². The Labute approximate surface area is 327 Å². The Morgan fingerprint density at radius 1 is 0.927 bits per heavy atom. The summed E-state index contributed by atoms with van der Waals surface area (Å²) >= 11 is 12.6. The molecular weight excluding hydrogens is 745 g/mol. The van der Waals surface area contributed by atoms with Gasteiger partial charge in [0.15, 0.2) is 11.2 Å². The molecule has 1 amide bonds. The van der Waals surface area contributed by atoms with Crippen LogP contribution in [-0.4, -0.2) is 63.6 Å². The van der Waals surface area contributed by atoms with E-state index < -0.39 is 24.0 Å². The molecule has 284 valence electrons. The fourth-order valence-corrected chi connectivity index (χ4v) is 6.78. The number of halogens is 2. The number of benzene rings is 4. The Hall–Kier alpha value is -5.24. The molecule has 55 heavy (non-hydrogen) atoms. The third-order valence-corrected chi connectivity index (χ3v) is 9.95. The number of nitrogens with zero attached hydrogens (tertiary/aromatic N) is 4. The molecule has 3 heterocycles. The van der Waals surface area contributed by atoms with Gasteiger partial charge in [-0.15, -0.1) is 0 Å². The van der Waals surface area contributed by atoms with Crippen LogP contribution in [0.15, 0.2) is 103 Å². The summed E-state index contributed by atoms with van der Waals surface area (Å²) in [6.07, 6.45) is -0.677. The Balaban J connectivity index is 1.23. The number of hydrogen-bond donors (Lipinski definition) is 2. The van der Waals surface area contributed by atoms with Crippen LogP contribution < -0.4 is 19.5 Å². The largest absolute Gasteiger partial charge is 0.497 e. The zero-order valence-corrected chi connectivity index (χ0v) is 32.0. The van der Waals surface area contributed by atoms with E-state index in [1.54, 1.807) is 50.8 Å². The summed E-state index contributed by atoms with van der Waals surface area (Å²) in [6.45, 7) is 3.52. The molecule has 0 spiro atoms. The highest BCUT2D eigenvalue weighted by Crippen LogP contribution is 2.43. The van der Waals surface area contributed by atoms with E-state index in [-0.39, 0.29) is 47.9 Å². The van der Waals surface area contributed by atoms with Gasteiger partial charge in [-0.3, -0.25) is 14.7 Å². The molecule has 0 unspecified atom stereocenters. The standard InChI is InChI=1S/C41H39Cl2N5O7/c1-24(2)38(50)46-40-45-37-36(39(47-40)55-33-20-28(42)14-19-31(33)43)44-23-48(37)35-21-32(49)34(54-35)22-53-41(25-8-6-5-7-9-25,26-10-15-29(51-3)16-11-26)27-12-17-30(52-4)18-13-27/h5-20,23-24,32,34-35,49H,21-22H2,1-4H3,(H,45,46,47,50)/t32-,34+,35+/m0/s1. The van der Waals surface area contributed by atoms with Crippen LogP contribution in [0, 0.1) is 5.92 Å². The van der Waals surface area contributed by atoms with E-state index in [0.717, 1.165) is 16.7 Å². The minimum Gasteiger partial charge on any atom is -0.497 e. The van der Waals surface area contributed by atoms with Crippen LogP contribution in [0.1, 0.15) is 43.2 Å². The summed E-state index contributed by atoms with van der Waals surface area (Å²) < 4.78 is 32.3. The maximum Gasteiger partial charge on any atom is 0.252 e. The van der Waals surface area contributed by atoms with Crippen molar-refractivity contribution in [3.63, 3.8) is 0 Å². The number of amides is 1. The fourth-order valence-electron chi connectivity index (χ4n) is 6.46. The summed E-state index contributed by atoms with van der Waals surface area (Å²) in [5, 5.41) is 14.9. The molecule has 6 aromatic rings. The summed E-state index contributed by atoms with van der Waals surface area (Å²) in [6, 6.07) is 30.1. The molecule has 4 aromatic carbocycles. The second kappa shape index (κ2) is 16.2. The van der Waals surface area contributed by atoms with Crippen LogP contribution in [-0.2, 0) is 19.9 Å². The van der Waals surface area contributed by atoms with Gasteiger partial charge < -0.3 is 28.8 Å². The number of rotatable bonds is 13.